The van der Waals surface area contributed by atoms with Crippen LogP contribution in [-0.4, -0.2) is 90.2 Å². The number of carbonyl (C=O) groups excluding carboxylic acids is 1. The van der Waals surface area contributed by atoms with Gasteiger partial charge in [0.1, 0.15) is 5.75 Å². The standard InChI is InChI=1S/C22H25N3O3.C4H4O4/c1-27-19-8-6-17(7-9-19)22-20-5-3-2-4-18(20)16-21(26)25(23-22)11-10-24-12-14-28-15-13-24;5-3(6)1-2-4(7)8/h2-9H,10-16H2,1H3;1-2H,(H,5,6)(H,7,8)/b;2-1+. The first-order valence-electron chi connectivity index (χ1n) is 11.4. The highest BCUT2D eigenvalue weighted by Crippen LogP contribution is 2.22. The number of morpholine rings is 1. The second-order valence-corrected chi connectivity index (χ2v) is 7.99. The average Bonchev–Trinajstić information content (AvgIpc) is 3.03. The number of benzene rings is 2. The van der Waals surface area contributed by atoms with Gasteiger partial charge in [-0.2, -0.15) is 5.10 Å². The van der Waals surface area contributed by atoms with Gasteiger partial charge in [-0.1, -0.05) is 24.3 Å². The molecule has 2 heterocycles. The Morgan fingerprint density at radius 3 is 2.25 bits per heavy atom. The summed E-state index contributed by atoms with van der Waals surface area (Å²) in [7, 11) is 1.65. The summed E-state index contributed by atoms with van der Waals surface area (Å²) < 4.78 is 10.7. The summed E-state index contributed by atoms with van der Waals surface area (Å²) in [5.41, 5.74) is 3.82. The Hall–Kier alpha value is -4.02. The summed E-state index contributed by atoms with van der Waals surface area (Å²) in [5, 5.41) is 22.1. The van der Waals surface area contributed by atoms with Crippen LogP contribution >= 0.6 is 0 Å². The lowest BCUT2D eigenvalue weighted by Crippen LogP contribution is -2.41. The van der Waals surface area contributed by atoms with E-state index < -0.39 is 11.9 Å². The average molecular weight is 496 g/mol. The minimum absolute atomic E-state index is 0.0317. The van der Waals surface area contributed by atoms with Crippen molar-refractivity contribution >= 4 is 23.6 Å². The number of amides is 1. The van der Waals surface area contributed by atoms with Crippen LogP contribution in [-0.2, 0) is 25.5 Å². The molecule has 0 spiro atoms. The molecule has 0 bridgehead atoms. The van der Waals surface area contributed by atoms with Crippen LogP contribution in [0.15, 0.2) is 65.8 Å². The number of aliphatic carboxylic acids is 2. The van der Waals surface area contributed by atoms with E-state index in [4.69, 9.17) is 24.8 Å². The first kappa shape index (κ1) is 26.6. The third kappa shape index (κ3) is 7.76. The first-order chi connectivity index (χ1) is 17.4. The second kappa shape index (κ2) is 13.2. The zero-order valence-corrected chi connectivity index (χ0v) is 20.0. The molecule has 0 unspecified atom stereocenters. The molecule has 1 amide bonds. The van der Waals surface area contributed by atoms with E-state index in [1.54, 1.807) is 12.1 Å². The maximum absolute atomic E-state index is 12.9. The van der Waals surface area contributed by atoms with E-state index in [1.165, 1.54) is 0 Å². The maximum Gasteiger partial charge on any atom is 0.328 e. The molecule has 2 N–H and O–H groups in total. The van der Waals surface area contributed by atoms with Crippen LogP contribution < -0.4 is 4.74 Å². The number of hydrogen-bond acceptors (Lipinski definition) is 7. The van der Waals surface area contributed by atoms with Crippen molar-refractivity contribution in [2.75, 3.05) is 46.5 Å². The third-order valence-corrected chi connectivity index (χ3v) is 5.59. The largest absolute Gasteiger partial charge is 0.497 e. The highest BCUT2D eigenvalue weighted by molar-refractivity contribution is 6.15. The molecule has 190 valence electrons. The van der Waals surface area contributed by atoms with Crippen molar-refractivity contribution in [2.45, 2.75) is 6.42 Å². The molecule has 4 rings (SSSR count). The van der Waals surface area contributed by atoms with Gasteiger partial charge < -0.3 is 19.7 Å². The van der Waals surface area contributed by atoms with Gasteiger partial charge in [0, 0.05) is 42.9 Å². The highest BCUT2D eigenvalue weighted by atomic mass is 16.5. The number of carboxylic acid groups (broad SMARTS) is 2. The number of ether oxygens (including phenoxy) is 2. The third-order valence-electron chi connectivity index (χ3n) is 5.59. The van der Waals surface area contributed by atoms with E-state index in [2.05, 4.69) is 4.90 Å². The van der Waals surface area contributed by atoms with Crippen LogP contribution in [0.25, 0.3) is 0 Å². The van der Waals surface area contributed by atoms with Gasteiger partial charge in [0.25, 0.3) is 0 Å². The molecule has 0 aliphatic carbocycles. The molecule has 2 aliphatic rings. The van der Waals surface area contributed by atoms with Gasteiger partial charge >= 0.3 is 11.9 Å². The Balaban J connectivity index is 0.000000392. The monoisotopic (exact) mass is 495 g/mol. The van der Waals surface area contributed by atoms with Crippen LogP contribution in [0.1, 0.15) is 16.7 Å². The number of fused-ring (bicyclic) bond motifs is 1. The van der Waals surface area contributed by atoms with Crippen molar-refractivity contribution < 1.29 is 34.1 Å². The van der Waals surface area contributed by atoms with E-state index >= 15 is 0 Å². The Bertz CT molecular complexity index is 1110. The lowest BCUT2D eigenvalue weighted by Gasteiger charge is -2.28. The van der Waals surface area contributed by atoms with Crippen LogP contribution in [0.4, 0.5) is 0 Å². The van der Waals surface area contributed by atoms with Crippen LogP contribution in [0.3, 0.4) is 0 Å². The topological polar surface area (TPSA) is 129 Å². The summed E-state index contributed by atoms with van der Waals surface area (Å²) >= 11 is 0. The van der Waals surface area contributed by atoms with Crippen LogP contribution in [0.2, 0.25) is 0 Å². The molecule has 0 radical (unpaired) electrons. The minimum Gasteiger partial charge on any atom is -0.497 e. The fourth-order valence-corrected chi connectivity index (χ4v) is 3.73. The molecular weight excluding hydrogens is 466 g/mol. The Labute approximate surface area is 209 Å². The van der Waals surface area contributed by atoms with Gasteiger partial charge in [0.15, 0.2) is 0 Å². The van der Waals surface area contributed by atoms with Crippen LogP contribution in [0, 0.1) is 0 Å². The number of carbonyl (C=O) groups is 3. The van der Waals surface area contributed by atoms with Gasteiger partial charge in [-0.05, 0) is 29.8 Å². The summed E-state index contributed by atoms with van der Waals surface area (Å²) in [6.45, 7) is 4.67. The van der Waals surface area contributed by atoms with Crippen molar-refractivity contribution in [3.05, 3.63) is 77.4 Å². The van der Waals surface area contributed by atoms with Crippen molar-refractivity contribution in [1.29, 1.82) is 0 Å². The number of carboxylic acids is 2. The Morgan fingerprint density at radius 1 is 1.00 bits per heavy atom. The molecule has 0 atom stereocenters. The van der Waals surface area contributed by atoms with Crippen molar-refractivity contribution in [3.63, 3.8) is 0 Å². The number of methoxy groups -OCH3 is 1. The highest BCUT2D eigenvalue weighted by Gasteiger charge is 2.24. The molecule has 0 aromatic heterocycles. The van der Waals surface area contributed by atoms with Crippen LogP contribution in [0.5, 0.6) is 5.75 Å². The van der Waals surface area contributed by atoms with Gasteiger partial charge in [0.05, 0.1) is 39.0 Å². The first-order valence-corrected chi connectivity index (χ1v) is 11.4. The van der Waals surface area contributed by atoms with E-state index in [9.17, 15) is 14.4 Å². The predicted octanol–water partition coefficient (Wildman–Crippen LogP) is 1.88. The molecule has 2 aromatic rings. The summed E-state index contributed by atoms with van der Waals surface area (Å²) in [4.78, 5) is 34.3. The molecule has 1 saturated heterocycles. The fraction of sp³-hybridized carbons (Fsp3) is 0.308. The van der Waals surface area contributed by atoms with Crippen molar-refractivity contribution in [2.24, 2.45) is 5.10 Å². The lowest BCUT2D eigenvalue weighted by atomic mass is 9.96. The van der Waals surface area contributed by atoms with E-state index in [0.29, 0.717) is 25.1 Å². The molecule has 1 fully saturated rings. The molecule has 2 aliphatic heterocycles. The van der Waals surface area contributed by atoms with Crippen molar-refractivity contribution in [1.82, 2.24) is 9.91 Å². The van der Waals surface area contributed by atoms with E-state index in [-0.39, 0.29) is 5.91 Å². The van der Waals surface area contributed by atoms with E-state index in [0.717, 1.165) is 61.0 Å². The quantitative estimate of drug-likeness (QED) is 0.557. The summed E-state index contributed by atoms with van der Waals surface area (Å²) in [6.07, 6.45) is 1.48. The molecule has 2 aromatic carbocycles. The molecule has 10 heteroatoms. The van der Waals surface area contributed by atoms with Gasteiger partial charge in [-0.3, -0.25) is 9.69 Å². The normalized spacial score (nSPS) is 15.9. The fourth-order valence-electron chi connectivity index (χ4n) is 3.73. The number of hydrazone groups is 1. The molecule has 0 saturated carbocycles. The minimum atomic E-state index is -1.26. The zero-order chi connectivity index (χ0) is 25.9. The molecule has 36 heavy (non-hydrogen) atoms. The van der Waals surface area contributed by atoms with Gasteiger partial charge in [0.2, 0.25) is 5.91 Å². The summed E-state index contributed by atoms with van der Waals surface area (Å²) in [5.74, 6) is -1.68. The van der Waals surface area contributed by atoms with E-state index in [1.807, 2.05) is 48.5 Å². The number of nitrogens with zero attached hydrogens (tertiary/aromatic N) is 3. The zero-order valence-electron chi connectivity index (χ0n) is 20.0. The second-order valence-electron chi connectivity index (χ2n) is 7.99. The predicted molar refractivity (Wildman–Crippen MR) is 132 cm³/mol. The maximum atomic E-state index is 12.9. The van der Waals surface area contributed by atoms with Gasteiger partial charge in [-0.15, -0.1) is 0 Å². The van der Waals surface area contributed by atoms with Gasteiger partial charge in [-0.25, -0.2) is 14.6 Å². The van der Waals surface area contributed by atoms with Crippen molar-refractivity contribution in [3.8, 4) is 5.75 Å². The lowest BCUT2D eigenvalue weighted by molar-refractivity contribution is -0.134. The summed E-state index contributed by atoms with van der Waals surface area (Å²) in [6, 6.07) is 15.8. The molecular formula is C26H29N3O7. The smallest absolute Gasteiger partial charge is 0.328 e. The Kier molecular flexibility index (Phi) is 9.73. The number of hydrogen-bond donors (Lipinski definition) is 2. The SMILES string of the molecule is COc1ccc(C2=NN(CCN3CCOCC3)C(=O)Cc3ccccc32)cc1.O=C(O)/C=C/C(=O)O. The molecule has 10 nitrogen and oxygen atoms in total. The number of rotatable bonds is 7. The Morgan fingerprint density at radius 2 is 1.64 bits per heavy atom.